The molecule has 1 amide bonds. The molecule has 0 saturated carbocycles. The molecule has 1 atom stereocenters. The molecule has 0 bridgehead atoms. The second-order valence-corrected chi connectivity index (χ2v) is 7.66. The van der Waals surface area contributed by atoms with Crippen LogP contribution >= 0.6 is 0 Å². The lowest BCUT2D eigenvalue weighted by molar-refractivity contribution is 0.102. The number of methoxy groups -OCH3 is 2. The number of rotatable bonds is 8. The van der Waals surface area contributed by atoms with Crippen molar-refractivity contribution in [2.75, 3.05) is 19.5 Å². The molecule has 8 heteroatoms. The lowest BCUT2D eigenvalue weighted by atomic mass is 10.1. The van der Waals surface area contributed by atoms with Crippen LogP contribution in [-0.2, 0) is 10.0 Å². The molecule has 27 heavy (non-hydrogen) atoms. The van der Waals surface area contributed by atoms with Gasteiger partial charge in [-0.2, -0.15) is 0 Å². The fourth-order valence-corrected chi connectivity index (χ4v) is 3.73. The summed E-state index contributed by atoms with van der Waals surface area (Å²) in [5.41, 5.74) is 0.716. The summed E-state index contributed by atoms with van der Waals surface area (Å²) in [6, 6.07) is 10.8. The highest BCUT2D eigenvalue weighted by Gasteiger charge is 2.19. The molecule has 0 saturated heterocycles. The molecule has 0 aliphatic carbocycles. The van der Waals surface area contributed by atoms with Gasteiger partial charge in [0, 0.05) is 11.7 Å². The van der Waals surface area contributed by atoms with E-state index in [1.165, 1.54) is 38.5 Å². The van der Waals surface area contributed by atoms with Crippen molar-refractivity contribution >= 4 is 21.6 Å². The van der Waals surface area contributed by atoms with E-state index in [-0.39, 0.29) is 16.5 Å². The van der Waals surface area contributed by atoms with E-state index in [0.29, 0.717) is 23.6 Å². The van der Waals surface area contributed by atoms with Gasteiger partial charge in [-0.25, -0.2) is 13.1 Å². The number of sulfonamides is 1. The van der Waals surface area contributed by atoms with Gasteiger partial charge in [-0.1, -0.05) is 13.0 Å². The molecule has 0 spiro atoms. The highest BCUT2D eigenvalue weighted by molar-refractivity contribution is 7.89. The molecular weight excluding hydrogens is 368 g/mol. The summed E-state index contributed by atoms with van der Waals surface area (Å²) in [5.74, 6) is 0.338. The van der Waals surface area contributed by atoms with Crippen LogP contribution in [0.2, 0.25) is 0 Å². The Bertz CT molecular complexity index is 873. The van der Waals surface area contributed by atoms with E-state index in [1.54, 1.807) is 25.1 Å². The van der Waals surface area contributed by atoms with Gasteiger partial charge in [-0.15, -0.1) is 0 Å². The van der Waals surface area contributed by atoms with Crippen molar-refractivity contribution in [3.05, 3.63) is 48.0 Å². The number of carbonyl (C=O) groups excluding carboxylic acids is 1. The van der Waals surface area contributed by atoms with Crippen molar-refractivity contribution in [1.29, 1.82) is 0 Å². The summed E-state index contributed by atoms with van der Waals surface area (Å²) in [5, 5.41) is 2.72. The second-order valence-electron chi connectivity index (χ2n) is 5.95. The molecule has 0 heterocycles. The molecule has 2 N–H and O–H groups in total. The normalized spacial score (nSPS) is 12.3. The Morgan fingerprint density at radius 3 is 2.07 bits per heavy atom. The lowest BCUT2D eigenvalue weighted by Crippen LogP contribution is -2.31. The van der Waals surface area contributed by atoms with Crippen LogP contribution in [-0.4, -0.2) is 34.6 Å². The van der Waals surface area contributed by atoms with Crippen molar-refractivity contribution in [2.45, 2.75) is 31.2 Å². The Labute approximate surface area is 159 Å². The van der Waals surface area contributed by atoms with Gasteiger partial charge in [0.25, 0.3) is 5.91 Å². The Hall–Kier alpha value is -2.58. The van der Waals surface area contributed by atoms with Gasteiger partial charge < -0.3 is 14.8 Å². The van der Waals surface area contributed by atoms with Gasteiger partial charge in [0.05, 0.1) is 19.1 Å². The van der Waals surface area contributed by atoms with Crippen molar-refractivity contribution < 1.29 is 22.7 Å². The minimum atomic E-state index is -3.59. The minimum absolute atomic E-state index is 0.135. The van der Waals surface area contributed by atoms with Gasteiger partial charge in [-0.05, 0) is 49.7 Å². The summed E-state index contributed by atoms with van der Waals surface area (Å²) in [4.78, 5) is 12.8. The van der Waals surface area contributed by atoms with Crippen LogP contribution in [0.15, 0.2) is 47.4 Å². The monoisotopic (exact) mass is 392 g/mol. The minimum Gasteiger partial charge on any atom is -0.496 e. The maximum absolute atomic E-state index is 12.6. The second kappa shape index (κ2) is 8.88. The molecule has 0 fully saturated rings. The van der Waals surface area contributed by atoms with Gasteiger partial charge in [0.1, 0.15) is 17.1 Å². The quantitative estimate of drug-likeness (QED) is 0.720. The van der Waals surface area contributed by atoms with Crippen molar-refractivity contribution in [3.63, 3.8) is 0 Å². The average Bonchev–Trinajstić information content (AvgIpc) is 2.67. The first-order valence-electron chi connectivity index (χ1n) is 8.47. The molecule has 7 nitrogen and oxygen atoms in total. The number of benzene rings is 2. The lowest BCUT2D eigenvalue weighted by Gasteiger charge is -2.14. The van der Waals surface area contributed by atoms with Crippen LogP contribution in [0, 0.1) is 0 Å². The third-order valence-corrected chi connectivity index (χ3v) is 5.65. The van der Waals surface area contributed by atoms with Crippen LogP contribution in [0.5, 0.6) is 11.5 Å². The number of anilines is 1. The third kappa shape index (κ3) is 4.99. The first kappa shape index (κ1) is 20.7. The molecule has 2 aromatic carbocycles. The van der Waals surface area contributed by atoms with Crippen molar-refractivity contribution in [2.24, 2.45) is 0 Å². The van der Waals surface area contributed by atoms with Crippen LogP contribution in [0.3, 0.4) is 0 Å². The molecule has 0 radical (unpaired) electrons. The number of amides is 1. The molecular formula is C19H24N2O5S. The van der Waals surface area contributed by atoms with E-state index in [4.69, 9.17) is 9.47 Å². The van der Waals surface area contributed by atoms with Gasteiger partial charge in [0.15, 0.2) is 0 Å². The fraction of sp³-hybridized carbons (Fsp3) is 0.316. The largest absolute Gasteiger partial charge is 0.496 e. The topological polar surface area (TPSA) is 93.7 Å². The Morgan fingerprint density at radius 1 is 1.04 bits per heavy atom. The average molecular weight is 392 g/mol. The molecule has 2 rings (SSSR count). The van der Waals surface area contributed by atoms with E-state index in [1.807, 2.05) is 6.92 Å². The van der Waals surface area contributed by atoms with Crippen LogP contribution in [0.4, 0.5) is 5.69 Å². The van der Waals surface area contributed by atoms with Gasteiger partial charge in [0.2, 0.25) is 10.0 Å². The predicted molar refractivity (Wildman–Crippen MR) is 104 cm³/mol. The zero-order valence-corrected chi connectivity index (χ0v) is 16.6. The number of nitrogens with one attached hydrogen (secondary N) is 2. The maximum atomic E-state index is 12.6. The summed E-state index contributed by atoms with van der Waals surface area (Å²) < 4.78 is 37.6. The van der Waals surface area contributed by atoms with Crippen LogP contribution < -0.4 is 19.5 Å². The zero-order valence-electron chi connectivity index (χ0n) is 15.8. The molecule has 0 aromatic heterocycles. The fourth-order valence-electron chi connectivity index (χ4n) is 2.40. The highest BCUT2D eigenvalue weighted by Crippen LogP contribution is 2.29. The summed E-state index contributed by atoms with van der Waals surface area (Å²) in [6.07, 6.45) is 0.689. The first-order valence-corrected chi connectivity index (χ1v) is 9.95. The molecule has 0 unspecified atom stereocenters. The van der Waals surface area contributed by atoms with E-state index >= 15 is 0 Å². The summed E-state index contributed by atoms with van der Waals surface area (Å²) in [7, 11) is -0.658. The van der Waals surface area contributed by atoms with Crippen molar-refractivity contribution in [3.8, 4) is 11.5 Å². The maximum Gasteiger partial charge on any atom is 0.263 e. The predicted octanol–water partition coefficient (Wildman–Crippen LogP) is 3.03. The first-order chi connectivity index (χ1) is 12.8. The number of hydrogen-bond donors (Lipinski definition) is 2. The Kier molecular flexibility index (Phi) is 6.81. The van der Waals surface area contributed by atoms with Gasteiger partial charge >= 0.3 is 0 Å². The molecule has 0 aliphatic rings. The number of hydrogen-bond acceptors (Lipinski definition) is 5. The van der Waals surface area contributed by atoms with E-state index in [0.717, 1.165) is 0 Å². The molecule has 2 aromatic rings. The highest BCUT2D eigenvalue weighted by atomic mass is 32.2. The number of ether oxygens (including phenoxy) is 2. The Morgan fingerprint density at radius 2 is 1.59 bits per heavy atom. The van der Waals surface area contributed by atoms with Crippen LogP contribution in [0.25, 0.3) is 0 Å². The third-order valence-electron chi connectivity index (χ3n) is 4.05. The molecule has 0 aliphatic heterocycles. The van der Waals surface area contributed by atoms with E-state index in [9.17, 15) is 13.2 Å². The standard InChI is InChI=1S/C19H24N2O5S/c1-5-13(2)21-27(23,24)15-11-9-14(10-12-15)20-19(22)18-16(25-3)7-6-8-17(18)26-4/h6-13,21H,5H2,1-4H3,(H,20,22)/t13-/m0/s1. The molecule has 146 valence electrons. The van der Waals surface area contributed by atoms with Gasteiger partial charge in [-0.3, -0.25) is 4.79 Å². The smallest absolute Gasteiger partial charge is 0.263 e. The number of carbonyl (C=O) groups is 1. The summed E-state index contributed by atoms with van der Waals surface area (Å²) in [6.45, 7) is 3.70. The van der Waals surface area contributed by atoms with E-state index < -0.39 is 15.9 Å². The van der Waals surface area contributed by atoms with E-state index in [2.05, 4.69) is 10.0 Å². The summed E-state index contributed by atoms with van der Waals surface area (Å²) >= 11 is 0. The van der Waals surface area contributed by atoms with Crippen molar-refractivity contribution in [1.82, 2.24) is 4.72 Å². The zero-order chi connectivity index (χ0) is 20.0. The SMILES string of the molecule is CC[C@H](C)NS(=O)(=O)c1ccc(NC(=O)c2c(OC)cccc2OC)cc1. The Balaban J connectivity index is 2.21. The van der Waals surface area contributed by atoms with Crippen LogP contribution in [0.1, 0.15) is 30.6 Å².